The van der Waals surface area contributed by atoms with Crippen LogP contribution in [0.1, 0.15) is 6.42 Å². The molecule has 0 aliphatic rings. The monoisotopic (exact) mass is 436 g/mol. The molecule has 0 N–H and O–H groups in total. The van der Waals surface area contributed by atoms with Gasteiger partial charge in [-0.1, -0.05) is 0 Å². The Morgan fingerprint density at radius 3 is 1.23 bits per heavy atom. The zero-order chi connectivity index (χ0) is 10.5. The Hall–Kier alpha value is 2.30. The summed E-state index contributed by atoms with van der Waals surface area (Å²) in [6, 6.07) is 0. The molecule has 13 heavy (non-hydrogen) atoms. The maximum atomic E-state index is 2.51. The summed E-state index contributed by atoms with van der Waals surface area (Å²) in [7, 11) is 4.61. The van der Waals surface area contributed by atoms with Crippen molar-refractivity contribution in [2.45, 2.75) is 36.1 Å². The molecule has 0 saturated heterocycles. The Morgan fingerprint density at radius 2 is 1.00 bits per heavy atom. The fraction of sp³-hybridized carbons (Fsp3) is 1.00. The van der Waals surface area contributed by atoms with Crippen LogP contribution in [-0.2, 0) is 0 Å². The first kappa shape index (κ1) is 15.3. The minimum absolute atomic E-state index is 1.43. The van der Waals surface area contributed by atoms with Gasteiger partial charge in [-0.05, 0) is 0 Å². The second-order valence-corrected chi connectivity index (χ2v) is 52.2. The van der Waals surface area contributed by atoms with Crippen molar-refractivity contribution >= 4 is 51.9 Å². The van der Waals surface area contributed by atoms with E-state index in [2.05, 4.69) is 47.5 Å². The van der Waals surface area contributed by atoms with Gasteiger partial charge >= 0.3 is 99.4 Å². The van der Waals surface area contributed by atoms with Crippen LogP contribution in [0.4, 0.5) is 0 Å². The summed E-state index contributed by atoms with van der Waals surface area (Å²) < 4.78 is 0. The van der Waals surface area contributed by atoms with E-state index in [1.807, 2.05) is 0 Å². The van der Waals surface area contributed by atoms with E-state index in [9.17, 15) is 0 Å². The molecular weight excluding hydrogens is 410 g/mol. The van der Waals surface area contributed by atoms with E-state index in [0.29, 0.717) is 0 Å². The third kappa shape index (κ3) is 14.3. The first-order chi connectivity index (χ1) is 5.71. The maximum absolute atomic E-state index is 2.51. The van der Waals surface area contributed by atoms with Crippen LogP contribution in [0, 0.1) is 0 Å². The topological polar surface area (TPSA) is 0 Å². The molecule has 0 spiro atoms. The normalized spacial score (nSPS) is 13.4. The predicted molar refractivity (Wildman–Crippen MR) is 76.2 cm³/mol. The van der Waals surface area contributed by atoms with E-state index in [4.69, 9.17) is 0 Å². The molecule has 0 aromatic heterocycles. The fourth-order valence-electron chi connectivity index (χ4n) is 0.816. The van der Waals surface area contributed by atoms with Gasteiger partial charge in [-0.25, -0.2) is 0 Å². The van der Waals surface area contributed by atoms with Crippen molar-refractivity contribution in [3.05, 3.63) is 0 Å². The van der Waals surface area contributed by atoms with Crippen molar-refractivity contribution in [1.29, 1.82) is 0 Å². The molecule has 80 valence electrons. The van der Waals surface area contributed by atoms with Crippen molar-refractivity contribution < 1.29 is 0 Å². The van der Waals surface area contributed by atoms with Crippen LogP contribution in [0.3, 0.4) is 0 Å². The Balaban J connectivity index is 3.28. The summed E-state index contributed by atoms with van der Waals surface area (Å²) in [5.74, 6) is 2.85. The molecule has 0 saturated carbocycles. The SMILES string of the molecule is [CH3][Sn]([CH3])([CH3])[S]CCC[S][Sn]([CH3])([CH3])[CH3]. The van der Waals surface area contributed by atoms with E-state index in [1.54, 1.807) is 0 Å². The molecule has 0 nitrogen and oxygen atoms in total. The Labute approximate surface area is 98.0 Å². The van der Waals surface area contributed by atoms with Crippen molar-refractivity contribution in [2.24, 2.45) is 0 Å². The van der Waals surface area contributed by atoms with Crippen molar-refractivity contribution in [3.63, 3.8) is 0 Å². The van der Waals surface area contributed by atoms with Crippen LogP contribution in [0.5, 0.6) is 0 Å². The van der Waals surface area contributed by atoms with Gasteiger partial charge in [-0.2, -0.15) is 0 Å². The molecule has 0 atom stereocenters. The van der Waals surface area contributed by atoms with Crippen LogP contribution in [0.2, 0.25) is 29.6 Å². The summed E-state index contributed by atoms with van der Waals surface area (Å²) in [5.41, 5.74) is 0. The standard InChI is InChI=1S/C3H8S2.6CH3.2Sn/c4-2-1-3-5;;;;;;;;/h4-5H,1-3H2;6*1H3;;/q;;;;;;;2*+1/p-2. The molecule has 0 aromatic rings. The van der Waals surface area contributed by atoms with Gasteiger partial charge in [0.2, 0.25) is 0 Å². The van der Waals surface area contributed by atoms with Crippen LogP contribution < -0.4 is 0 Å². The van der Waals surface area contributed by atoms with E-state index in [-0.39, 0.29) is 0 Å². The van der Waals surface area contributed by atoms with Crippen molar-refractivity contribution in [1.82, 2.24) is 0 Å². The Morgan fingerprint density at radius 1 is 0.692 bits per heavy atom. The van der Waals surface area contributed by atoms with Gasteiger partial charge in [0.25, 0.3) is 0 Å². The third-order valence-electron chi connectivity index (χ3n) is 1.36. The summed E-state index contributed by atoms with van der Waals surface area (Å²) in [6.45, 7) is 0. The Bertz CT molecular complexity index is 120. The average molecular weight is 434 g/mol. The van der Waals surface area contributed by atoms with E-state index >= 15 is 0 Å². The molecule has 0 aromatic carbocycles. The van der Waals surface area contributed by atoms with E-state index in [0.717, 1.165) is 0 Å². The molecule has 0 amide bonds. The molecular formula is C9H24S2Sn2. The van der Waals surface area contributed by atoms with Crippen LogP contribution >= 0.6 is 17.9 Å². The van der Waals surface area contributed by atoms with Crippen molar-refractivity contribution in [3.8, 4) is 0 Å². The second-order valence-electron chi connectivity index (χ2n) is 5.28. The summed E-state index contributed by atoms with van der Waals surface area (Å²) in [5, 5.41) is 0. The van der Waals surface area contributed by atoms with Gasteiger partial charge in [0.15, 0.2) is 0 Å². The molecule has 0 aliphatic carbocycles. The van der Waals surface area contributed by atoms with Crippen LogP contribution in [-0.4, -0.2) is 45.5 Å². The molecule has 0 radical (unpaired) electrons. The molecule has 0 unspecified atom stereocenters. The summed E-state index contributed by atoms with van der Waals surface area (Å²) >= 11 is -2.97. The first-order valence-electron chi connectivity index (χ1n) is 4.99. The predicted octanol–water partition coefficient (Wildman–Crippen LogP) is 4.51. The first-order valence-corrected chi connectivity index (χ1v) is 31.1. The molecule has 0 bridgehead atoms. The second kappa shape index (κ2) is 6.79. The van der Waals surface area contributed by atoms with Gasteiger partial charge < -0.3 is 0 Å². The number of rotatable bonds is 6. The Kier molecular flexibility index (Phi) is 7.99. The molecule has 0 rings (SSSR count). The molecule has 4 heteroatoms. The quantitative estimate of drug-likeness (QED) is 0.446. The van der Waals surface area contributed by atoms with Gasteiger partial charge in [0.05, 0.1) is 0 Å². The van der Waals surface area contributed by atoms with Gasteiger partial charge in [0, 0.05) is 0 Å². The minimum atomic E-state index is -1.49. The third-order valence-corrected chi connectivity index (χ3v) is 22.4. The van der Waals surface area contributed by atoms with E-state index in [1.165, 1.54) is 17.9 Å². The zero-order valence-corrected chi connectivity index (χ0v) is 17.3. The number of hydrogen-bond acceptors (Lipinski definition) is 2. The van der Waals surface area contributed by atoms with Gasteiger partial charge in [-0.15, -0.1) is 0 Å². The fourth-order valence-corrected chi connectivity index (χ4v) is 15.8. The van der Waals surface area contributed by atoms with Crippen LogP contribution in [0.25, 0.3) is 0 Å². The van der Waals surface area contributed by atoms with Gasteiger partial charge in [-0.3, -0.25) is 0 Å². The molecule has 0 fully saturated rings. The number of hydrogen-bond donors (Lipinski definition) is 0. The van der Waals surface area contributed by atoms with E-state index < -0.39 is 34.0 Å². The van der Waals surface area contributed by atoms with Gasteiger partial charge in [0.1, 0.15) is 0 Å². The summed E-state index contributed by atoms with van der Waals surface area (Å²) in [6.07, 6.45) is 1.44. The van der Waals surface area contributed by atoms with Crippen LogP contribution in [0.15, 0.2) is 0 Å². The molecule has 0 aliphatic heterocycles. The molecule has 0 heterocycles. The summed E-state index contributed by atoms with van der Waals surface area (Å²) in [4.78, 5) is 15.1. The zero-order valence-electron chi connectivity index (χ0n) is 9.94. The average Bonchev–Trinajstić information content (AvgIpc) is 1.81. The van der Waals surface area contributed by atoms with Crippen molar-refractivity contribution in [2.75, 3.05) is 11.5 Å².